The molecule has 0 aromatic heterocycles. The second-order valence-electron chi connectivity index (χ2n) is 11.2. The first-order valence-corrected chi connectivity index (χ1v) is 12.4. The number of benzene rings is 2. The third kappa shape index (κ3) is 4.40. The average molecular weight is 493 g/mol. The molecular formula is C28H32N2O6. The van der Waals surface area contributed by atoms with Gasteiger partial charge in [0.15, 0.2) is 0 Å². The quantitative estimate of drug-likeness (QED) is 0.631. The summed E-state index contributed by atoms with van der Waals surface area (Å²) < 4.78 is 11.1. The Morgan fingerprint density at radius 2 is 1.64 bits per heavy atom. The summed E-state index contributed by atoms with van der Waals surface area (Å²) in [6.07, 6.45) is 0.0397. The summed E-state index contributed by atoms with van der Waals surface area (Å²) in [5.41, 5.74) is 3.03. The number of carboxylic acids is 1. The number of carboxylic acid groups (broad SMARTS) is 1. The number of alkyl carbamates (subject to hydrolysis) is 1. The average Bonchev–Trinajstić information content (AvgIpc) is 3.13. The number of carbonyl (C=O) groups excluding carboxylic acids is 2. The molecule has 1 atom stereocenters. The first-order chi connectivity index (χ1) is 17.1. The van der Waals surface area contributed by atoms with Crippen LogP contribution in [0.4, 0.5) is 9.59 Å². The molecular weight excluding hydrogens is 460 g/mol. The number of nitrogens with one attached hydrogen (secondary N) is 1. The van der Waals surface area contributed by atoms with E-state index in [9.17, 15) is 19.5 Å². The molecule has 1 saturated carbocycles. The van der Waals surface area contributed by atoms with E-state index in [1.54, 1.807) is 25.7 Å². The fraction of sp³-hybridized carbons (Fsp3) is 0.464. The molecule has 8 heteroatoms. The molecule has 2 aliphatic heterocycles. The van der Waals surface area contributed by atoms with Crippen molar-refractivity contribution in [2.24, 2.45) is 11.3 Å². The van der Waals surface area contributed by atoms with Gasteiger partial charge in [-0.3, -0.25) is 0 Å². The number of carbonyl (C=O) groups is 3. The zero-order valence-electron chi connectivity index (χ0n) is 20.8. The van der Waals surface area contributed by atoms with Crippen molar-refractivity contribution in [2.75, 3.05) is 19.7 Å². The normalized spacial score (nSPS) is 23.1. The van der Waals surface area contributed by atoms with Crippen LogP contribution in [-0.4, -0.2) is 59.5 Å². The molecule has 2 heterocycles. The lowest BCUT2D eigenvalue weighted by Crippen LogP contribution is -2.67. The Bertz CT molecular complexity index is 1150. The Kier molecular flexibility index (Phi) is 5.93. The van der Waals surface area contributed by atoms with Crippen LogP contribution in [0.5, 0.6) is 0 Å². The van der Waals surface area contributed by atoms with Crippen LogP contribution < -0.4 is 5.32 Å². The molecule has 190 valence electrons. The summed E-state index contributed by atoms with van der Waals surface area (Å²) in [6.45, 7) is 6.25. The van der Waals surface area contributed by atoms with E-state index in [1.807, 2.05) is 36.4 Å². The zero-order chi connectivity index (χ0) is 25.7. The largest absolute Gasteiger partial charge is 0.480 e. The molecule has 2 N–H and O–H groups in total. The maximum absolute atomic E-state index is 12.8. The van der Waals surface area contributed by atoms with Gasteiger partial charge in [-0.1, -0.05) is 48.5 Å². The van der Waals surface area contributed by atoms with Gasteiger partial charge in [-0.25, -0.2) is 14.4 Å². The highest BCUT2D eigenvalue weighted by Crippen LogP contribution is 2.53. The van der Waals surface area contributed by atoms with Crippen molar-refractivity contribution in [3.63, 3.8) is 0 Å². The topological polar surface area (TPSA) is 105 Å². The SMILES string of the molecule is CC(C)(C)OC(=O)N1CC2CC(C(NC(=O)OCC3c4ccccc4-c4ccccc43)C(=O)O)(C2)C1. The van der Waals surface area contributed by atoms with Crippen LogP contribution >= 0.6 is 0 Å². The van der Waals surface area contributed by atoms with Gasteiger partial charge < -0.3 is 24.8 Å². The van der Waals surface area contributed by atoms with Gasteiger partial charge in [0.1, 0.15) is 18.2 Å². The maximum Gasteiger partial charge on any atom is 0.410 e. The van der Waals surface area contributed by atoms with Gasteiger partial charge in [-0.15, -0.1) is 0 Å². The number of hydrogen-bond donors (Lipinski definition) is 2. The third-order valence-corrected chi connectivity index (χ3v) is 7.49. The molecule has 2 aromatic rings. The number of fused-ring (bicyclic) bond motifs is 5. The van der Waals surface area contributed by atoms with E-state index in [0.717, 1.165) is 22.3 Å². The molecule has 8 nitrogen and oxygen atoms in total. The van der Waals surface area contributed by atoms with Crippen LogP contribution in [0.1, 0.15) is 50.7 Å². The van der Waals surface area contributed by atoms with E-state index in [0.29, 0.717) is 19.4 Å². The number of rotatable bonds is 5. The second-order valence-corrected chi connectivity index (χ2v) is 11.2. The molecule has 6 rings (SSSR count). The van der Waals surface area contributed by atoms with Crippen LogP contribution in [0.25, 0.3) is 11.1 Å². The third-order valence-electron chi connectivity index (χ3n) is 7.49. The molecule has 1 unspecified atom stereocenters. The van der Waals surface area contributed by atoms with Crippen molar-refractivity contribution in [1.82, 2.24) is 10.2 Å². The van der Waals surface area contributed by atoms with E-state index in [4.69, 9.17) is 9.47 Å². The van der Waals surface area contributed by atoms with Crippen LogP contribution in [-0.2, 0) is 14.3 Å². The minimum Gasteiger partial charge on any atom is -0.480 e. The lowest BCUT2D eigenvalue weighted by Gasteiger charge is -2.58. The van der Waals surface area contributed by atoms with Gasteiger partial charge >= 0.3 is 18.2 Å². The first kappa shape index (κ1) is 24.2. The molecule has 4 aliphatic rings. The van der Waals surface area contributed by atoms with Gasteiger partial charge in [0.25, 0.3) is 0 Å². The minimum atomic E-state index is -1.16. The Morgan fingerprint density at radius 3 is 2.19 bits per heavy atom. The van der Waals surface area contributed by atoms with Crippen LogP contribution in [0.15, 0.2) is 48.5 Å². The molecule has 2 aliphatic carbocycles. The van der Waals surface area contributed by atoms with Crippen LogP contribution in [0.3, 0.4) is 0 Å². The summed E-state index contributed by atoms with van der Waals surface area (Å²) in [7, 11) is 0. The standard InChI is InChI=1S/C28H32N2O6/c1-27(2,3)36-26(34)30-14-17-12-28(13-17,16-30)23(24(31)32)29-25(33)35-15-22-20-10-6-4-8-18(20)19-9-5-7-11-21(19)22/h4-11,17,22-23H,12-16H2,1-3H3,(H,29,33)(H,31,32). The molecule has 0 spiro atoms. The fourth-order valence-electron chi connectivity index (χ4n) is 6.13. The van der Waals surface area contributed by atoms with Crippen molar-refractivity contribution in [2.45, 2.75) is 51.2 Å². The molecule has 3 fully saturated rings. The lowest BCUT2D eigenvalue weighted by molar-refractivity contribution is -0.153. The highest BCUT2D eigenvalue weighted by molar-refractivity contribution is 5.82. The Labute approximate surface area is 210 Å². The van der Waals surface area contributed by atoms with Gasteiger partial charge in [-0.2, -0.15) is 0 Å². The molecule has 36 heavy (non-hydrogen) atoms. The first-order valence-electron chi connectivity index (χ1n) is 12.4. The Hall–Kier alpha value is -3.55. The molecule has 2 bridgehead atoms. The van der Waals surface area contributed by atoms with E-state index >= 15 is 0 Å². The van der Waals surface area contributed by atoms with Crippen molar-refractivity contribution in [3.05, 3.63) is 59.7 Å². The maximum atomic E-state index is 12.8. The van der Waals surface area contributed by atoms with Crippen molar-refractivity contribution in [3.8, 4) is 11.1 Å². The number of aliphatic carboxylic acids is 1. The molecule has 2 saturated heterocycles. The molecule has 2 aromatic carbocycles. The van der Waals surface area contributed by atoms with E-state index < -0.39 is 35.2 Å². The van der Waals surface area contributed by atoms with E-state index in [1.165, 1.54) is 0 Å². The fourth-order valence-corrected chi connectivity index (χ4v) is 6.13. The number of piperidine rings is 2. The number of amides is 2. The number of nitrogens with zero attached hydrogens (tertiary/aromatic N) is 1. The highest BCUT2D eigenvalue weighted by atomic mass is 16.6. The summed E-state index contributed by atoms with van der Waals surface area (Å²) in [5.74, 6) is -1.06. The summed E-state index contributed by atoms with van der Waals surface area (Å²) in [4.78, 5) is 39.3. The predicted octanol–water partition coefficient (Wildman–Crippen LogP) is 4.63. The smallest absolute Gasteiger partial charge is 0.410 e. The summed E-state index contributed by atoms with van der Waals surface area (Å²) >= 11 is 0. The van der Waals surface area contributed by atoms with Crippen molar-refractivity contribution in [1.29, 1.82) is 0 Å². The Balaban J connectivity index is 1.26. The van der Waals surface area contributed by atoms with Gasteiger partial charge in [0.2, 0.25) is 0 Å². The van der Waals surface area contributed by atoms with E-state index in [-0.39, 0.29) is 25.0 Å². The summed E-state index contributed by atoms with van der Waals surface area (Å²) in [6, 6.07) is 14.9. The van der Waals surface area contributed by atoms with Crippen LogP contribution in [0.2, 0.25) is 0 Å². The van der Waals surface area contributed by atoms with Gasteiger partial charge in [-0.05, 0) is 61.8 Å². The summed E-state index contributed by atoms with van der Waals surface area (Å²) in [5, 5.41) is 12.6. The number of ether oxygens (including phenoxy) is 2. The second kappa shape index (κ2) is 8.84. The zero-order valence-corrected chi connectivity index (χ0v) is 20.8. The van der Waals surface area contributed by atoms with Crippen molar-refractivity contribution < 1.29 is 29.0 Å². The molecule has 2 amide bonds. The van der Waals surface area contributed by atoms with Gasteiger partial charge in [0, 0.05) is 24.4 Å². The molecule has 0 radical (unpaired) electrons. The minimum absolute atomic E-state index is 0.103. The highest BCUT2D eigenvalue weighted by Gasteiger charge is 2.58. The van der Waals surface area contributed by atoms with Crippen molar-refractivity contribution >= 4 is 18.2 Å². The number of hydrogen-bond acceptors (Lipinski definition) is 5. The Morgan fingerprint density at radius 1 is 1.06 bits per heavy atom. The predicted molar refractivity (Wildman–Crippen MR) is 133 cm³/mol. The lowest BCUT2D eigenvalue weighted by atomic mass is 9.55. The monoisotopic (exact) mass is 492 g/mol. The van der Waals surface area contributed by atoms with Gasteiger partial charge in [0.05, 0.1) is 0 Å². The van der Waals surface area contributed by atoms with Crippen LogP contribution in [0, 0.1) is 11.3 Å². The van der Waals surface area contributed by atoms with E-state index in [2.05, 4.69) is 17.4 Å².